The summed E-state index contributed by atoms with van der Waals surface area (Å²) in [5.74, 6) is 0. The van der Waals surface area contributed by atoms with Crippen LogP contribution in [0.25, 0.3) is 0 Å². The van der Waals surface area contributed by atoms with Crippen LogP contribution in [0.15, 0.2) is 0 Å². The van der Waals surface area contributed by atoms with Crippen molar-refractivity contribution in [2.75, 3.05) is 13.7 Å². The van der Waals surface area contributed by atoms with Crippen molar-refractivity contribution in [3.05, 3.63) is 0 Å². The van der Waals surface area contributed by atoms with Gasteiger partial charge in [-0.15, -0.1) is 0 Å². The fraction of sp³-hybridized carbons (Fsp3) is 1.00. The van der Waals surface area contributed by atoms with Crippen LogP contribution in [0.4, 0.5) is 0 Å². The zero-order valence-electron chi connectivity index (χ0n) is 5.42. The van der Waals surface area contributed by atoms with E-state index in [0.717, 1.165) is 0 Å². The molecule has 9 heavy (non-hydrogen) atoms. The highest BCUT2D eigenvalue weighted by atomic mass is 32.2. The molecule has 0 saturated heterocycles. The lowest BCUT2D eigenvalue weighted by atomic mass is 10.4. The predicted molar refractivity (Wildman–Crippen MR) is 33.4 cm³/mol. The standard InChI is InChI=1S/C4H11NO3S/c1-4(8-2)3-5-9(6)7/h4-5H,3H2,1-2H3,(H,6,7)/p-1. The van der Waals surface area contributed by atoms with Gasteiger partial charge in [-0.2, -0.15) is 0 Å². The molecule has 0 aromatic heterocycles. The van der Waals surface area contributed by atoms with Crippen molar-refractivity contribution < 1.29 is 13.5 Å². The first-order valence-electron chi connectivity index (χ1n) is 2.52. The minimum Gasteiger partial charge on any atom is -0.760 e. The van der Waals surface area contributed by atoms with Crippen molar-refractivity contribution in [1.82, 2.24) is 4.72 Å². The van der Waals surface area contributed by atoms with Crippen molar-refractivity contribution >= 4 is 11.3 Å². The lowest BCUT2D eigenvalue weighted by Gasteiger charge is -2.11. The summed E-state index contributed by atoms with van der Waals surface area (Å²) in [4.78, 5) is 0. The second-order valence-corrected chi connectivity index (χ2v) is 2.39. The number of ether oxygens (including phenoxy) is 1. The van der Waals surface area contributed by atoms with Crippen LogP contribution in [0.3, 0.4) is 0 Å². The summed E-state index contributed by atoms with van der Waals surface area (Å²) < 4.78 is 26.7. The average molecular weight is 152 g/mol. The molecule has 0 aromatic carbocycles. The third-order valence-corrected chi connectivity index (χ3v) is 1.29. The summed E-state index contributed by atoms with van der Waals surface area (Å²) >= 11 is -2.17. The lowest BCUT2D eigenvalue weighted by Crippen LogP contribution is -2.27. The van der Waals surface area contributed by atoms with E-state index in [0.29, 0.717) is 6.54 Å². The fourth-order valence-electron chi connectivity index (χ4n) is 0.269. The molecule has 2 unspecified atom stereocenters. The Bertz CT molecular complexity index is 97.8. The smallest absolute Gasteiger partial charge is 0.0677 e. The summed E-state index contributed by atoms with van der Waals surface area (Å²) in [6.07, 6.45) is -0.0668. The van der Waals surface area contributed by atoms with Crippen molar-refractivity contribution in [2.45, 2.75) is 13.0 Å². The zero-order valence-corrected chi connectivity index (χ0v) is 6.23. The van der Waals surface area contributed by atoms with E-state index in [2.05, 4.69) is 4.72 Å². The molecule has 0 heterocycles. The van der Waals surface area contributed by atoms with E-state index in [9.17, 15) is 8.76 Å². The van der Waals surface area contributed by atoms with Crippen LogP contribution < -0.4 is 4.72 Å². The van der Waals surface area contributed by atoms with Gasteiger partial charge in [0.05, 0.1) is 6.10 Å². The molecule has 4 nitrogen and oxygen atoms in total. The van der Waals surface area contributed by atoms with E-state index in [4.69, 9.17) is 4.74 Å². The van der Waals surface area contributed by atoms with Crippen molar-refractivity contribution in [1.29, 1.82) is 0 Å². The number of methoxy groups -OCH3 is 1. The molecule has 1 N–H and O–H groups in total. The molecule has 5 heteroatoms. The maximum absolute atomic E-state index is 9.85. The van der Waals surface area contributed by atoms with Gasteiger partial charge in [-0.25, -0.2) is 4.72 Å². The summed E-state index contributed by atoms with van der Waals surface area (Å²) in [5, 5.41) is 0. The molecule has 0 aliphatic heterocycles. The highest BCUT2D eigenvalue weighted by molar-refractivity contribution is 7.77. The molecule has 0 amide bonds. The van der Waals surface area contributed by atoms with Crippen LogP contribution in [0, 0.1) is 0 Å². The molecule has 0 aliphatic carbocycles. The Morgan fingerprint density at radius 1 is 1.89 bits per heavy atom. The topological polar surface area (TPSA) is 61.4 Å². The van der Waals surface area contributed by atoms with Gasteiger partial charge in [0.25, 0.3) is 0 Å². The van der Waals surface area contributed by atoms with Crippen LogP contribution in [-0.2, 0) is 16.0 Å². The molecular weight excluding hydrogens is 142 g/mol. The molecule has 2 atom stereocenters. The zero-order chi connectivity index (χ0) is 7.28. The molecule has 0 aromatic rings. The highest BCUT2D eigenvalue weighted by Crippen LogP contribution is 1.82. The summed E-state index contributed by atoms with van der Waals surface area (Å²) in [6.45, 7) is 2.10. The summed E-state index contributed by atoms with van der Waals surface area (Å²) in [7, 11) is 1.53. The Hall–Kier alpha value is 0.0300. The van der Waals surface area contributed by atoms with Gasteiger partial charge in [-0.05, 0) is 6.92 Å². The van der Waals surface area contributed by atoms with Crippen LogP contribution >= 0.6 is 0 Å². The molecule has 0 saturated carbocycles. The quantitative estimate of drug-likeness (QED) is 0.547. The Balaban J connectivity index is 3.16. The van der Waals surface area contributed by atoms with Crippen molar-refractivity contribution in [3.8, 4) is 0 Å². The summed E-state index contributed by atoms with van der Waals surface area (Å²) in [6, 6.07) is 0. The van der Waals surface area contributed by atoms with Crippen molar-refractivity contribution in [3.63, 3.8) is 0 Å². The predicted octanol–water partition coefficient (Wildman–Crippen LogP) is -0.595. The van der Waals surface area contributed by atoms with Gasteiger partial charge >= 0.3 is 0 Å². The first-order chi connectivity index (χ1) is 4.16. The molecule has 0 fully saturated rings. The van der Waals surface area contributed by atoms with E-state index in [1.807, 2.05) is 0 Å². The van der Waals surface area contributed by atoms with Crippen LogP contribution in [0.1, 0.15) is 6.92 Å². The lowest BCUT2D eigenvalue weighted by molar-refractivity contribution is 0.122. The maximum atomic E-state index is 9.85. The number of hydrogen-bond acceptors (Lipinski definition) is 3. The Labute approximate surface area is 57.0 Å². The van der Waals surface area contributed by atoms with Crippen LogP contribution in [-0.4, -0.2) is 28.5 Å². The van der Waals surface area contributed by atoms with E-state index < -0.39 is 11.3 Å². The van der Waals surface area contributed by atoms with Crippen LogP contribution in [0.5, 0.6) is 0 Å². The van der Waals surface area contributed by atoms with E-state index in [1.54, 1.807) is 6.92 Å². The Kier molecular flexibility index (Phi) is 4.88. The van der Waals surface area contributed by atoms with E-state index >= 15 is 0 Å². The monoisotopic (exact) mass is 152 g/mol. The number of rotatable bonds is 4. The van der Waals surface area contributed by atoms with Gasteiger partial charge in [-0.1, -0.05) is 0 Å². The largest absolute Gasteiger partial charge is 0.760 e. The first kappa shape index (κ1) is 9.03. The van der Waals surface area contributed by atoms with Gasteiger partial charge in [-0.3, -0.25) is 4.21 Å². The highest BCUT2D eigenvalue weighted by Gasteiger charge is 1.95. The number of nitrogens with one attached hydrogen (secondary N) is 1. The minimum atomic E-state index is -2.17. The van der Waals surface area contributed by atoms with E-state index in [-0.39, 0.29) is 6.10 Å². The third-order valence-electron chi connectivity index (χ3n) is 0.891. The second-order valence-electron chi connectivity index (χ2n) is 1.63. The molecule has 0 bridgehead atoms. The maximum Gasteiger partial charge on any atom is 0.0677 e. The van der Waals surface area contributed by atoms with Gasteiger partial charge < -0.3 is 9.29 Å². The van der Waals surface area contributed by atoms with Crippen LogP contribution in [0.2, 0.25) is 0 Å². The van der Waals surface area contributed by atoms with Crippen molar-refractivity contribution in [2.24, 2.45) is 0 Å². The molecule has 0 rings (SSSR count). The second kappa shape index (κ2) is 4.87. The molecular formula is C4H10NO3S-. The third kappa shape index (κ3) is 5.91. The van der Waals surface area contributed by atoms with Gasteiger partial charge in [0.1, 0.15) is 0 Å². The first-order valence-corrected chi connectivity index (χ1v) is 3.60. The average Bonchev–Trinajstić information content (AvgIpc) is 1.83. The molecule has 0 spiro atoms. The molecule has 56 valence electrons. The molecule has 0 aliphatic rings. The Morgan fingerprint density at radius 3 is 2.78 bits per heavy atom. The summed E-state index contributed by atoms with van der Waals surface area (Å²) in [5.41, 5.74) is 0. The van der Waals surface area contributed by atoms with Gasteiger partial charge in [0, 0.05) is 24.9 Å². The SMILES string of the molecule is COC(C)CNS(=O)[O-]. The fourth-order valence-corrected chi connectivity index (χ4v) is 0.640. The van der Waals surface area contributed by atoms with Gasteiger partial charge in [0.2, 0.25) is 0 Å². The minimum absolute atomic E-state index is 0.0668. The number of hydrogen-bond donors (Lipinski definition) is 1. The Morgan fingerprint density at radius 2 is 2.44 bits per heavy atom. The van der Waals surface area contributed by atoms with E-state index in [1.165, 1.54) is 7.11 Å². The normalized spacial score (nSPS) is 17.2. The molecule has 0 radical (unpaired) electrons. The van der Waals surface area contributed by atoms with Gasteiger partial charge in [0.15, 0.2) is 0 Å².